The van der Waals surface area contributed by atoms with Crippen molar-refractivity contribution < 1.29 is 22.7 Å². The smallest absolute Gasteiger partial charge is 0.406 e. The molecule has 2 heterocycles. The highest BCUT2D eigenvalue weighted by atomic mass is 35.5. The number of rotatable bonds is 5. The third-order valence-electron chi connectivity index (χ3n) is 4.98. The number of ether oxygens (including phenoxy) is 1. The molecule has 0 saturated carbocycles. The zero-order valence-corrected chi connectivity index (χ0v) is 19.2. The van der Waals surface area contributed by atoms with E-state index >= 15 is 0 Å². The van der Waals surface area contributed by atoms with Gasteiger partial charge in [-0.15, -0.1) is 13.2 Å². The Bertz CT molecular complexity index is 1290. The van der Waals surface area contributed by atoms with Gasteiger partial charge in [-0.05, 0) is 36.4 Å². The lowest BCUT2D eigenvalue weighted by atomic mass is 10.0. The molecule has 1 aromatic heterocycles. The molecule has 0 bridgehead atoms. The first-order chi connectivity index (χ1) is 16.6. The van der Waals surface area contributed by atoms with Crippen molar-refractivity contribution in [2.24, 2.45) is 5.10 Å². The second kappa shape index (κ2) is 9.85. The van der Waals surface area contributed by atoms with E-state index in [1.165, 1.54) is 23.3 Å². The number of nitrogens with zero attached hydrogens (tertiary/aromatic N) is 6. The lowest BCUT2D eigenvalue weighted by Gasteiger charge is -2.24. The van der Waals surface area contributed by atoms with Crippen molar-refractivity contribution in [3.8, 4) is 11.8 Å². The highest BCUT2D eigenvalue weighted by Gasteiger charge is 2.36. The molecule has 0 radical (unpaired) electrons. The van der Waals surface area contributed by atoms with Crippen LogP contribution in [0.5, 0.6) is 5.75 Å². The summed E-state index contributed by atoms with van der Waals surface area (Å²) in [5, 5.41) is 20.1. The first kappa shape index (κ1) is 24.4. The summed E-state index contributed by atoms with van der Waals surface area (Å²) in [6, 6.07) is 12.2. The monoisotopic (exact) mass is 522 g/mol. The number of carbonyl (C=O) groups excluding carboxylic acids is 1. The molecule has 180 valence electrons. The maximum Gasteiger partial charge on any atom is 0.573 e. The van der Waals surface area contributed by atoms with Gasteiger partial charge in [-0.2, -0.15) is 15.5 Å². The number of anilines is 1. The average molecular weight is 523 g/mol. The topological polar surface area (TPSA) is 86.8 Å². The molecule has 3 aromatic rings. The molecule has 1 aliphatic rings. The number of urea groups is 1. The van der Waals surface area contributed by atoms with Gasteiger partial charge in [0.15, 0.2) is 0 Å². The van der Waals surface area contributed by atoms with Gasteiger partial charge in [0.2, 0.25) is 0 Å². The third-order valence-corrected chi connectivity index (χ3v) is 5.43. The van der Waals surface area contributed by atoms with Crippen molar-refractivity contribution in [2.75, 3.05) is 18.0 Å². The Balaban J connectivity index is 1.64. The number of aromatic nitrogens is 2. The van der Waals surface area contributed by atoms with E-state index in [0.717, 1.165) is 17.0 Å². The molecule has 2 amide bonds. The van der Waals surface area contributed by atoms with E-state index in [-0.39, 0.29) is 18.8 Å². The molecular weight excluding hydrogens is 508 g/mol. The molecule has 0 spiro atoms. The molecule has 0 saturated heterocycles. The Labute approximate surface area is 207 Å². The molecular formula is C22H15Cl2F3N6O2. The minimum atomic E-state index is -4.85. The summed E-state index contributed by atoms with van der Waals surface area (Å²) in [6.45, 7) is -0.287. The SMILES string of the molecule is N#CCN(C(=O)N1CC(n2cc(Cl)cn2)C(c2ccc(Cl)cc2)=N1)c1ccc(OC(F)(F)F)cc1. The first-order valence-electron chi connectivity index (χ1n) is 10.0. The zero-order chi connectivity index (χ0) is 25.2. The van der Waals surface area contributed by atoms with Crippen molar-refractivity contribution in [1.82, 2.24) is 14.8 Å². The summed E-state index contributed by atoms with van der Waals surface area (Å²) in [5.74, 6) is -0.453. The van der Waals surface area contributed by atoms with Gasteiger partial charge in [0.05, 0.1) is 29.5 Å². The maximum absolute atomic E-state index is 13.4. The Morgan fingerprint density at radius 2 is 1.83 bits per heavy atom. The van der Waals surface area contributed by atoms with Crippen molar-refractivity contribution in [2.45, 2.75) is 12.4 Å². The Hall–Kier alpha value is -3.75. The van der Waals surface area contributed by atoms with Crippen LogP contribution in [0, 0.1) is 11.3 Å². The highest BCUT2D eigenvalue weighted by Crippen LogP contribution is 2.29. The summed E-state index contributed by atoms with van der Waals surface area (Å²) >= 11 is 12.0. The fraction of sp³-hybridized carbons (Fsp3) is 0.182. The number of hydrazone groups is 1. The van der Waals surface area contributed by atoms with E-state index in [1.54, 1.807) is 35.1 Å². The number of carbonyl (C=O) groups is 1. The summed E-state index contributed by atoms with van der Waals surface area (Å²) < 4.78 is 42.8. The molecule has 0 aliphatic carbocycles. The number of benzene rings is 2. The number of hydrogen-bond donors (Lipinski definition) is 0. The number of amides is 2. The number of alkyl halides is 3. The second-order valence-electron chi connectivity index (χ2n) is 7.30. The highest BCUT2D eigenvalue weighted by molar-refractivity contribution is 6.31. The van der Waals surface area contributed by atoms with Crippen molar-refractivity contribution in [3.63, 3.8) is 0 Å². The minimum Gasteiger partial charge on any atom is -0.406 e. The van der Waals surface area contributed by atoms with Crippen LogP contribution < -0.4 is 9.64 Å². The van der Waals surface area contributed by atoms with Crippen LogP contribution in [0.2, 0.25) is 10.0 Å². The van der Waals surface area contributed by atoms with E-state index in [1.807, 2.05) is 6.07 Å². The predicted octanol–water partition coefficient (Wildman–Crippen LogP) is 5.50. The Kier molecular flexibility index (Phi) is 6.86. The average Bonchev–Trinajstić information content (AvgIpc) is 3.44. The van der Waals surface area contributed by atoms with E-state index in [4.69, 9.17) is 23.2 Å². The van der Waals surface area contributed by atoms with Gasteiger partial charge in [-0.3, -0.25) is 9.58 Å². The summed E-state index contributed by atoms with van der Waals surface area (Å²) in [6.07, 6.45) is -1.80. The molecule has 4 rings (SSSR count). The molecule has 1 unspecified atom stereocenters. The van der Waals surface area contributed by atoms with Crippen molar-refractivity contribution >= 4 is 40.6 Å². The molecule has 35 heavy (non-hydrogen) atoms. The molecule has 8 nitrogen and oxygen atoms in total. The summed E-state index contributed by atoms with van der Waals surface area (Å²) in [4.78, 5) is 14.5. The van der Waals surface area contributed by atoms with Crippen LogP contribution in [-0.4, -0.2) is 46.0 Å². The molecule has 1 aliphatic heterocycles. The van der Waals surface area contributed by atoms with Gasteiger partial charge in [-0.25, -0.2) is 9.80 Å². The van der Waals surface area contributed by atoms with Crippen LogP contribution in [0.3, 0.4) is 0 Å². The van der Waals surface area contributed by atoms with Gasteiger partial charge in [0.1, 0.15) is 18.3 Å². The van der Waals surface area contributed by atoms with E-state index in [9.17, 15) is 23.2 Å². The molecule has 2 aromatic carbocycles. The molecule has 0 fully saturated rings. The van der Waals surface area contributed by atoms with Crippen LogP contribution in [0.25, 0.3) is 0 Å². The van der Waals surface area contributed by atoms with Crippen LogP contribution >= 0.6 is 23.2 Å². The molecule has 1 atom stereocenters. The van der Waals surface area contributed by atoms with Crippen LogP contribution in [0.4, 0.5) is 23.7 Å². The summed E-state index contributed by atoms with van der Waals surface area (Å²) in [7, 11) is 0. The van der Waals surface area contributed by atoms with Gasteiger partial charge < -0.3 is 4.74 Å². The zero-order valence-electron chi connectivity index (χ0n) is 17.7. The van der Waals surface area contributed by atoms with Gasteiger partial charge in [0.25, 0.3) is 0 Å². The lowest BCUT2D eigenvalue weighted by Crippen LogP contribution is -2.41. The maximum atomic E-state index is 13.4. The molecule has 0 N–H and O–H groups in total. The van der Waals surface area contributed by atoms with Crippen LogP contribution in [0.15, 0.2) is 66.0 Å². The van der Waals surface area contributed by atoms with Crippen molar-refractivity contribution in [3.05, 3.63) is 76.5 Å². The van der Waals surface area contributed by atoms with E-state index in [2.05, 4.69) is 14.9 Å². The fourth-order valence-electron chi connectivity index (χ4n) is 3.48. The first-order valence-corrected chi connectivity index (χ1v) is 10.8. The normalized spacial score (nSPS) is 15.5. The quantitative estimate of drug-likeness (QED) is 0.414. The Morgan fingerprint density at radius 1 is 1.14 bits per heavy atom. The van der Waals surface area contributed by atoms with Gasteiger partial charge >= 0.3 is 12.4 Å². The van der Waals surface area contributed by atoms with Crippen LogP contribution in [0.1, 0.15) is 11.6 Å². The Morgan fingerprint density at radius 3 is 2.40 bits per heavy atom. The van der Waals surface area contributed by atoms with Gasteiger partial charge in [-0.1, -0.05) is 35.3 Å². The molecule has 13 heteroatoms. The van der Waals surface area contributed by atoms with Crippen LogP contribution in [-0.2, 0) is 0 Å². The fourth-order valence-corrected chi connectivity index (χ4v) is 3.75. The minimum absolute atomic E-state index is 0.0754. The predicted molar refractivity (Wildman–Crippen MR) is 122 cm³/mol. The van der Waals surface area contributed by atoms with Gasteiger partial charge in [0, 0.05) is 22.5 Å². The van der Waals surface area contributed by atoms with E-state index in [0.29, 0.717) is 21.3 Å². The number of halogens is 5. The standard InChI is InChI=1S/C22H15Cl2F3N6O2/c23-15-3-1-14(2-4-15)20-19(32-12-16(24)11-29-32)13-33(30-20)21(34)31(10-9-28)17-5-7-18(8-6-17)35-22(25,26)27/h1-8,11-12,19H,10,13H2. The second-order valence-corrected chi connectivity index (χ2v) is 8.17. The largest absolute Gasteiger partial charge is 0.573 e. The van der Waals surface area contributed by atoms with E-state index < -0.39 is 24.2 Å². The lowest BCUT2D eigenvalue weighted by molar-refractivity contribution is -0.274. The van der Waals surface area contributed by atoms with Crippen molar-refractivity contribution in [1.29, 1.82) is 5.26 Å². The number of hydrogen-bond acceptors (Lipinski definition) is 5. The number of nitriles is 1. The summed E-state index contributed by atoms with van der Waals surface area (Å²) in [5.41, 5.74) is 1.40. The third kappa shape index (κ3) is 5.67.